The molecule has 3 heteroatoms. The van der Waals surface area contributed by atoms with Gasteiger partial charge in [0, 0.05) is 42.8 Å². The maximum Gasteiger partial charge on any atom is 0.161 e. The number of rotatable bonds is 3. The minimum absolute atomic E-state index is 0.339. The average Bonchev–Trinajstić information content (AvgIpc) is 2.17. The van der Waals surface area contributed by atoms with Crippen molar-refractivity contribution in [2.24, 2.45) is 0 Å². The molecule has 0 aromatic heterocycles. The summed E-state index contributed by atoms with van der Waals surface area (Å²) in [5, 5.41) is 0. The van der Waals surface area contributed by atoms with Crippen LogP contribution in [0.1, 0.15) is 20.3 Å². The van der Waals surface area contributed by atoms with E-state index in [1.807, 2.05) is 18.0 Å². The molecule has 74 valence electrons. The molecular formula is C10H17NOS. The first-order valence-electron chi connectivity index (χ1n) is 4.83. The number of hydrogen-bond acceptors (Lipinski definition) is 3. The summed E-state index contributed by atoms with van der Waals surface area (Å²) in [6.07, 6.45) is 2.76. The van der Waals surface area contributed by atoms with Crippen molar-refractivity contribution in [3.05, 3.63) is 11.8 Å². The Bertz CT molecular complexity index is 209. The van der Waals surface area contributed by atoms with Gasteiger partial charge in [0.25, 0.3) is 0 Å². The summed E-state index contributed by atoms with van der Waals surface area (Å²) in [5.41, 5.74) is 1.000. The Balaban J connectivity index is 2.61. The molecule has 0 aliphatic carbocycles. The fraction of sp³-hybridized carbons (Fsp3) is 0.700. The predicted octanol–water partition coefficient (Wildman–Crippen LogP) is 1.92. The van der Waals surface area contributed by atoms with Crippen LogP contribution in [0.5, 0.6) is 0 Å². The highest BCUT2D eigenvalue weighted by molar-refractivity contribution is 7.99. The van der Waals surface area contributed by atoms with Crippen LogP contribution in [0.3, 0.4) is 0 Å². The minimum atomic E-state index is 0.339. The lowest BCUT2D eigenvalue weighted by Gasteiger charge is -2.19. The van der Waals surface area contributed by atoms with Gasteiger partial charge in [0.05, 0.1) is 0 Å². The van der Waals surface area contributed by atoms with Gasteiger partial charge in [-0.3, -0.25) is 4.79 Å². The van der Waals surface area contributed by atoms with Gasteiger partial charge in [-0.1, -0.05) is 0 Å². The highest BCUT2D eigenvalue weighted by Gasteiger charge is 2.15. The zero-order chi connectivity index (χ0) is 9.68. The predicted molar refractivity (Wildman–Crippen MR) is 58.0 cm³/mol. The van der Waals surface area contributed by atoms with Crippen molar-refractivity contribution < 1.29 is 4.79 Å². The van der Waals surface area contributed by atoms with Crippen LogP contribution in [0, 0.1) is 0 Å². The van der Waals surface area contributed by atoms with Gasteiger partial charge < -0.3 is 4.90 Å². The van der Waals surface area contributed by atoms with Crippen LogP contribution in [0.4, 0.5) is 0 Å². The fourth-order valence-electron chi connectivity index (χ4n) is 1.32. The molecule has 2 nitrogen and oxygen atoms in total. The van der Waals surface area contributed by atoms with E-state index in [-0.39, 0.29) is 0 Å². The second-order valence-electron chi connectivity index (χ2n) is 3.10. The monoisotopic (exact) mass is 199 g/mol. The van der Waals surface area contributed by atoms with Crippen molar-refractivity contribution in [1.29, 1.82) is 0 Å². The molecule has 0 unspecified atom stereocenters. The van der Waals surface area contributed by atoms with E-state index < -0.39 is 0 Å². The average molecular weight is 199 g/mol. The number of Topliss-reactive ketones (excluding diaryl/α,β-unsaturated/α-hetero) is 1. The zero-order valence-corrected chi connectivity index (χ0v) is 9.19. The molecule has 0 saturated carbocycles. The number of carbonyl (C=O) groups excluding carboxylic acids is 1. The highest BCUT2D eigenvalue weighted by atomic mass is 32.2. The molecule has 0 amide bonds. The van der Waals surface area contributed by atoms with Crippen molar-refractivity contribution in [3.8, 4) is 0 Å². The lowest BCUT2D eigenvalue weighted by atomic mass is 10.1. The maximum absolute atomic E-state index is 11.5. The maximum atomic E-state index is 11.5. The van der Waals surface area contributed by atoms with E-state index >= 15 is 0 Å². The van der Waals surface area contributed by atoms with Crippen LogP contribution < -0.4 is 0 Å². The van der Waals surface area contributed by atoms with Gasteiger partial charge in [0.1, 0.15) is 0 Å². The van der Waals surface area contributed by atoms with Crippen molar-refractivity contribution in [1.82, 2.24) is 4.90 Å². The van der Waals surface area contributed by atoms with Gasteiger partial charge in [0.15, 0.2) is 5.78 Å². The molecule has 0 aromatic carbocycles. The summed E-state index contributed by atoms with van der Waals surface area (Å²) in [4.78, 5) is 13.6. The van der Waals surface area contributed by atoms with Gasteiger partial charge >= 0.3 is 0 Å². The van der Waals surface area contributed by atoms with E-state index in [0.717, 1.165) is 36.6 Å². The Hall–Kier alpha value is -0.440. The third-order valence-corrected chi connectivity index (χ3v) is 3.25. The minimum Gasteiger partial charge on any atom is -0.378 e. The molecule has 1 rings (SSSR count). The van der Waals surface area contributed by atoms with Crippen molar-refractivity contribution >= 4 is 17.5 Å². The zero-order valence-electron chi connectivity index (χ0n) is 8.38. The molecule has 1 fully saturated rings. The number of thioether (sulfide) groups is 1. The van der Waals surface area contributed by atoms with Crippen LogP contribution >= 0.6 is 11.8 Å². The largest absolute Gasteiger partial charge is 0.378 e. The smallest absolute Gasteiger partial charge is 0.161 e. The molecule has 0 N–H and O–H groups in total. The molecular weight excluding hydrogens is 182 g/mol. The van der Waals surface area contributed by atoms with Gasteiger partial charge in [-0.2, -0.15) is 11.8 Å². The number of hydrogen-bond donors (Lipinski definition) is 0. The third kappa shape index (κ3) is 3.07. The molecule has 0 atom stereocenters. The Morgan fingerprint density at radius 3 is 2.69 bits per heavy atom. The molecule has 1 saturated heterocycles. The number of nitrogens with zero attached hydrogens (tertiary/aromatic N) is 1. The van der Waals surface area contributed by atoms with E-state index in [1.165, 1.54) is 0 Å². The van der Waals surface area contributed by atoms with Crippen LogP contribution in [0.25, 0.3) is 0 Å². The van der Waals surface area contributed by atoms with Crippen molar-refractivity contribution in [2.75, 3.05) is 24.6 Å². The topological polar surface area (TPSA) is 20.3 Å². The number of carbonyl (C=O) groups is 1. The Morgan fingerprint density at radius 2 is 2.15 bits per heavy atom. The number of ketones is 1. The molecule has 1 heterocycles. The summed E-state index contributed by atoms with van der Waals surface area (Å²) in [7, 11) is 0. The van der Waals surface area contributed by atoms with Crippen LogP contribution in [-0.2, 0) is 4.79 Å². The van der Waals surface area contributed by atoms with Crippen LogP contribution in [0.15, 0.2) is 11.8 Å². The SMILES string of the molecule is CCN(C=C1CSCCC1=O)CC. The van der Waals surface area contributed by atoms with E-state index in [1.54, 1.807) is 0 Å². The second kappa shape index (κ2) is 5.32. The standard InChI is InChI=1S/C10H17NOS/c1-3-11(4-2)7-9-8-13-6-5-10(9)12/h7H,3-6,8H2,1-2H3. The fourth-order valence-corrected chi connectivity index (χ4v) is 2.25. The first-order chi connectivity index (χ1) is 6.27. The lowest BCUT2D eigenvalue weighted by molar-refractivity contribution is -0.115. The van der Waals surface area contributed by atoms with E-state index in [0.29, 0.717) is 5.78 Å². The molecule has 0 bridgehead atoms. The van der Waals surface area contributed by atoms with Gasteiger partial charge in [0.2, 0.25) is 0 Å². The summed E-state index contributed by atoms with van der Waals surface area (Å²) in [6, 6.07) is 0. The van der Waals surface area contributed by atoms with E-state index in [2.05, 4.69) is 18.7 Å². The van der Waals surface area contributed by atoms with Crippen molar-refractivity contribution in [2.45, 2.75) is 20.3 Å². The van der Waals surface area contributed by atoms with Crippen LogP contribution in [0.2, 0.25) is 0 Å². The first kappa shape index (κ1) is 10.6. The summed E-state index contributed by atoms with van der Waals surface area (Å²) >= 11 is 1.85. The normalized spacial score (nSPS) is 20.8. The van der Waals surface area contributed by atoms with E-state index in [4.69, 9.17) is 0 Å². The lowest BCUT2D eigenvalue weighted by Crippen LogP contribution is -2.21. The molecule has 0 radical (unpaired) electrons. The highest BCUT2D eigenvalue weighted by Crippen LogP contribution is 2.19. The van der Waals surface area contributed by atoms with Crippen LogP contribution in [-0.4, -0.2) is 35.3 Å². The van der Waals surface area contributed by atoms with Gasteiger partial charge in [-0.15, -0.1) is 0 Å². The van der Waals surface area contributed by atoms with Gasteiger partial charge in [-0.05, 0) is 13.8 Å². The molecule has 0 spiro atoms. The Labute approximate surface area is 84.4 Å². The first-order valence-corrected chi connectivity index (χ1v) is 5.99. The molecule has 1 aliphatic heterocycles. The van der Waals surface area contributed by atoms with Gasteiger partial charge in [-0.25, -0.2) is 0 Å². The second-order valence-corrected chi connectivity index (χ2v) is 4.21. The van der Waals surface area contributed by atoms with Crippen molar-refractivity contribution in [3.63, 3.8) is 0 Å². The molecule has 0 aromatic rings. The third-order valence-electron chi connectivity index (χ3n) is 2.24. The Morgan fingerprint density at radius 1 is 1.46 bits per heavy atom. The molecule has 1 aliphatic rings. The Kier molecular flexibility index (Phi) is 4.36. The van der Waals surface area contributed by atoms with E-state index in [9.17, 15) is 4.79 Å². The summed E-state index contributed by atoms with van der Waals surface area (Å²) < 4.78 is 0. The quantitative estimate of drug-likeness (QED) is 0.648. The molecule has 13 heavy (non-hydrogen) atoms. The summed E-state index contributed by atoms with van der Waals surface area (Å²) in [6.45, 7) is 6.19. The summed E-state index contributed by atoms with van der Waals surface area (Å²) in [5.74, 6) is 2.23.